The summed E-state index contributed by atoms with van der Waals surface area (Å²) in [5.41, 5.74) is 3.81. The van der Waals surface area contributed by atoms with Crippen LogP contribution in [0.3, 0.4) is 0 Å². The quantitative estimate of drug-likeness (QED) is 0.215. The summed E-state index contributed by atoms with van der Waals surface area (Å²) >= 11 is 6.65. The lowest BCUT2D eigenvalue weighted by molar-refractivity contribution is -0.928. The van der Waals surface area contributed by atoms with E-state index in [1.54, 1.807) is 0 Å². The van der Waals surface area contributed by atoms with E-state index >= 15 is 0 Å². The maximum Gasteiger partial charge on any atom is 0.255 e. The average molecular weight is 560 g/mol. The average Bonchev–Trinajstić information content (AvgIpc) is 3.42. The van der Waals surface area contributed by atoms with Crippen LogP contribution in [0, 0.1) is 5.92 Å². The fraction of sp³-hybridized carbons (Fsp3) is 0.441. The van der Waals surface area contributed by atoms with Crippen LogP contribution in [0.1, 0.15) is 72.0 Å². The molecule has 0 radical (unpaired) electrons. The summed E-state index contributed by atoms with van der Waals surface area (Å²) in [6, 6.07) is 24.7. The minimum atomic E-state index is -0.466. The number of hydrogen-bond donors (Lipinski definition) is 0. The molecule has 0 aromatic heterocycles. The first-order valence-corrected chi connectivity index (χ1v) is 15.1. The number of quaternary nitrogens is 1. The van der Waals surface area contributed by atoms with E-state index < -0.39 is 11.8 Å². The van der Waals surface area contributed by atoms with Crippen molar-refractivity contribution in [3.05, 3.63) is 95.1 Å². The van der Waals surface area contributed by atoms with Gasteiger partial charge in [-0.25, -0.2) is 0 Å². The minimum Gasteiger partial charge on any atom is -0.451 e. The number of likely N-dealkylation sites (tertiary alicyclic amines) is 1. The molecule has 0 bridgehead atoms. The van der Waals surface area contributed by atoms with Gasteiger partial charge in [0.2, 0.25) is 6.29 Å². The number of amides is 1. The molecular weight excluding hydrogens is 520 g/mol. The van der Waals surface area contributed by atoms with Crippen LogP contribution in [0.15, 0.2) is 72.8 Å². The Morgan fingerprint density at radius 2 is 1.60 bits per heavy atom. The molecule has 0 N–H and O–H groups in total. The van der Waals surface area contributed by atoms with Gasteiger partial charge in [0.1, 0.15) is 6.54 Å². The molecule has 1 fully saturated rings. The van der Waals surface area contributed by atoms with Gasteiger partial charge in [-0.1, -0.05) is 60.7 Å². The maximum atomic E-state index is 13.6. The molecule has 2 unspecified atom stereocenters. The number of rotatable bonds is 8. The van der Waals surface area contributed by atoms with Gasteiger partial charge in [-0.15, -0.1) is 11.6 Å². The van der Waals surface area contributed by atoms with E-state index in [1.807, 2.05) is 42.5 Å². The molecule has 3 aliphatic rings. The summed E-state index contributed by atoms with van der Waals surface area (Å²) < 4.78 is 13.4. The Balaban J connectivity index is 1.06. The molecule has 3 aromatic carbocycles. The van der Waals surface area contributed by atoms with Gasteiger partial charge < -0.3 is 18.9 Å². The number of benzene rings is 3. The number of halogens is 1. The zero-order chi connectivity index (χ0) is 27.9. The van der Waals surface area contributed by atoms with Gasteiger partial charge >= 0.3 is 0 Å². The molecule has 6 heteroatoms. The number of ether oxygens (including phenoxy) is 2. The van der Waals surface area contributed by atoms with Crippen LogP contribution in [0.2, 0.25) is 0 Å². The standard InChI is InChI=1S/C34H40ClN2O3/c1-34(2)28-21-31-30(39-32(40-31)22-29(35)26-12-8-5-9-13-26)20-27(28)33(38)36(34)17-14-24-15-18-37(3,19-16-24)23-25-10-6-4-7-11-25/h4-13,20-21,24,29,32H,14-19,22-23H2,1-3H3/q+1. The van der Waals surface area contributed by atoms with Crippen molar-refractivity contribution in [3.8, 4) is 11.5 Å². The lowest BCUT2D eigenvalue weighted by atomic mass is 9.90. The van der Waals surface area contributed by atoms with Gasteiger partial charge in [0, 0.05) is 24.1 Å². The van der Waals surface area contributed by atoms with Gasteiger partial charge in [0.25, 0.3) is 5.91 Å². The predicted molar refractivity (Wildman–Crippen MR) is 159 cm³/mol. The van der Waals surface area contributed by atoms with Crippen molar-refractivity contribution >= 4 is 17.5 Å². The van der Waals surface area contributed by atoms with Crippen LogP contribution < -0.4 is 9.47 Å². The third-order valence-electron chi connectivity index (χ3n) is 9.29. The number of alkyl halides is 1. The van der Waals surface area contributed by atoms with Crippen LogP contribution in [0.5, 0.6) is 11.5 Å². The fourth-order valence-corrected chi connectivity index (χ4v) is 7.04. The fourth-order valence-electron chi connectivity index (χ4n) is 6.75. The molecule has 210 valence electrons. The largest absolute Gasteiger partial charge is 0.451 e. The van der Waals surface area contributed by atoms with Crippen molar-refractivity contribution in [1.82, 2.24) is 4.90 Å². The molecule has 2 atom stereocenters. The summed E-state index contributed by atoms with van der Waals surface area (Å²) in [5, 5.41) is -0.212. The molecule has 0 saturated carbocycles. The molecule has 6 rings (SSSR count). The topological polar surface area (TPSA) is 38.8 Å². The summed E-state index contributed by atoms with van der Waals surface area (Å²) in [5.74, 6) is 2.08. The molecule has 3 heterocycles. The highest BCUT2D eigenvalue weighted by Gasteiger charge is 2.45. The highest BCUT2D eigenvalue weighted by atomic mass is 35.5. The summed E-state index contributed by atoms with van der Waals surface area (Å²) in [6.45, 7) is 8.53. The first-order chi connectivity index (χ1) is 19.2. The number of carbonyl (C=O) groups is 1. The van der Waals surface area contributed by atoms with Crippen molar-refractivity contribution in [3.63, 3.8) is 0 Å². The third-order valence-corrected chi connectivity index (χ3v) is 9.72. The Hall–Kier alpha value is -3.02. The predicted octanol–water partition coefficient (Wildman–Crippen LogP) is 7.29. The number of nitrogens with zero attached hydrogens (tertiary/aromatic N) is 2. The summed E-state index contributed by atoms with van der Waals surface area (Å²) in [6.07, 6.45) is 3.52. The molecule has 3 aliphatic heterocycles. The lowest BCUT2D eigenvalue weighted by Gasteiger charge is -2.41. The highest BCUT2D eigenvalue weighted by Crippen LogP contribution is 2.47. The number of carbonyl (C=O) groups excluding carboxylic acids is 1. The summed E-state index contributed by atoms with van der Waals surface area (Å²) in [7, 11) is 2.38. The van der Waals surface area contributed by atoms with Gasteiger partial charge in [-0.2, -0.15) is 0 Å². The normalized spacial score (nSPS) is 25.6. The van der Waals surface area contributed by atoms with Crippen LogP contribution >= 0.6 is 11.6 Å². The van der Waals surface area contributed by atoms with Crippen molar-refractivity contribution in [2.75, 3.05) is 26.7 Å². The van der Waals surface area contributed by atoms with Crippen molar-refractivity contribution < 1.29 is 18.8 Å². The zero-order valence-electron chi connectivity index (χ0n) is 23.8. The highest BCUT2D eigenvalue weighted by molar-refractivity contribution is 6.20. The smallest absolute Gasteiger partial charge is 0.255 e. The second-order valence-electron chi connectivity index (χ2n) is 12.6. The van der Waals surface area contributed by atoms with Crippen LogP contribution in [0.4, 0.5) is 0 Å². The van der Waals surface area contributed by atoms with E-state index in [0.717, 1.165) is 40.7 Å². The molecule has 3 aromatic rings. The van der Waals surface area contributed by atoms with Crippen molar-refractivity contribution in [1.29, 1.82) is 0 Å². The maximum absolute atomic E-state index is 13.6. The van der Waals surface area contributed by atoms with E-state index in [2.05, 4.69) is 56.1 Å². The molecule has 0 aliphatic carbocycles. The van der Waals surface area contributed by atoms with Gasteiger partial charge in [0.05, 0.1) is 31.1 Å². The zero-order valence-corrected chi connectivity index (χ0v) is 24.6. The first kappa shape index (κ1) is 27.2. The molecule has 5 nitrogen and oxygen atoms in total. The van der Waals surface area contributed by atoms with Gasteiger partial charge in [0.15, 0.2) is 11.5 Å². The van der Waals surface area contributed by atoms with E-state index in [0.29, 0.717) is 23.8 Å². The van der Waals surface area contributed by atoms with Crippen molar-refractivity contribution in [2.24, 2.45) is 5.92 Å². The summed E-state index contributed by atoms with van der Waals surface area (Å²) in [4.78, 5) is 15.7. The molecule has 1 saturated heterocycles. The Labute approximate surface area is 243 Å². The van der Waals surface area contributed by atoms with Crippen LogP contribution in [-0.2, 0) is 12.1 Å². The van der Waals surface area contributed by atoms with E-state index in [-0.39, 0.29) is 11.3 Å². The van der Waals surface area contributed by atoms with E-state index in [9.17, 15) is 4.79 Å². The van der Waals surface area contributed by atoms with Crippen LogP contribution in [-0.4, -0.2) is 48.3 Å². The molecular formula is C34H40ClN2O3+. The molecule has 40 heavy (non-hydrogen) atoms. The SMILES string of the molecule is CC1(C)c2cc3c(cc2C(=O)N1CCC1CC[N+](C)(Cc2ccccc2)CC1)OC(CC(Cl)c1ccccc1)O3. The Morgan fingerprint density at radius 3 is 2.27 bits per heavy atom. The second kappa shape index (κ2) is 10.8. The van der Waals surface area contributed by atoms with Crippen molar-refractivity contribution in [2.45, 2.75) is 63.3 Å². The van der Waals surface area contributed by atoms with Gasteiger partial charge in [-0.05, 0) is 62.3 Å². The minimum absolute atomic E-state index is 0.0925. The second-order valence-corrected chi connectivity index (χ2v) is 13.1. The monoisotopic (exact) mass is 559 g/mol. The Morgan fingerprint density at radius 1 is 0.975 bits per heavy atom. The molecule has 1 amide bonds. The third kappa shape index (κ3) is 5.34. The van der Waals surface area contributed by atoms with Gasteiger partial charge in [-0.3, -0.25) is 4.79 Å². The first-order valence-electron chi connectivity index (χ1n) is 14.6. The Kier molecular flexibility index (Phi) is 7.30. The Bertz CT molecular complexity index is 1350. The lowest BCUT2D eigenvalue weighted by Crippen LogP contribution is -2.49. The van der Waals surface area contributed by atoms with E-state index in [1.165, 1.54) is 31.5 Å². The molecule has 0 spiro atoms. The number of fused-ring (bicyclic) bond motifs is 2. The van der Waals surface area contributed by atoms with Crippen LogP contribution in [0.25, 0.3) is 0 Å². The van der Waals surface area contributed by atoms with E-state index in [4.69, 9.17) is 21.1 Å². The number of hydrogen-bond acceptors (Lipinski definition) is 3. The number of piperidine rings is 1.